The van der Waals surface area contributed by atoms with E-state index < -0.39 is 0 Å². The van der Waals surface area contributed by atoms with E-state index in [0.29, 0.717) is 0 Å². The van der Waals surface area contributed by atoms with Crippen LogP contribution in [0.1, 0.15) is 5.82 Å². The number of anilines is 3. The van der Waals surface area contributed by atoms with Crippen molar-refractivity contribution in [2.75, 3.05) is 17.7 Å². The molecule has 0 amide bonds. The lowest BCUT2D eigenvalue weighted by Crippen LogP contribution is -2.11. The number of nitrogens with zero attached hydrogens (tertiary/aromatic N) is 2. The molecule has 96 valence electrons. The Balaban J connectivity index is 2.06. The van der Waals surface area contributed by atoms with Crippen LogP contribution in [0.5, 0.6) is 0 Å². The number of nitrogen functional groups attached to an aromatic ring is 1. The summed E-state index contributed by atoms with van der Waals surface area (Å²) in [5.74, 6) is 0.925. The van der Waals surface area contributed by atoms with E-state index >= 15 is 0 Å². The zero-order chi connectivity index (χ0) is 13.4. The fourth-order valence-corrected chi connectivity index (χ4v) is 2.27. The van der Waals surface area contributed by atoms with Gasteiger partial charge in [0, 0.05) is 12.7 Å². The van der Waals surface area contributed by atoms with Gasteiger partial charge in [0.1, 0.15) is 5.82 Å². The summed E-state index contributed by atoms with van der Waals surface area (Å²) < 4.78 is 0. The monoisotopic (exact) mass is 252 g/mol. The molecule has 3 aromatic rings. The number of H-pyrrole nitrogens is 1. The number of nitrogens with one attached hydrogen (secondary N) is 1. The third-order valence-electron chi connectivity index (χ3n) is 3.27. The lowest BCUT2D eigenvalue weighted by atomic mass is 10.2. The van der Waals surface area contributed by atoms with E-state index in [1.165, 1.54) is 0 Å². The Morgan fingerprint density at radius 1 is 1.16 bits per heavy atom. The van der Waals surface area contributed by atoms with Crippen molar-refractivity contribution in [2.45, 2.75) is 6.92 Å². The molecule has 0 saturated carbocycles. The molecule has 0 aliphatic carbocycles. The molecule has 0 spiro atoms. The van der Waals surface area contributed by atoms with Crippen molar-refractivity contribution in [2.24, 2.45) is 0 Å². The molecule has 3 N–H and O–H groups in total. The third-order valence-corrected chi connectivity index (χ3v) is 3.27. The molecule has 0 bridgehead atoms. The fourth-order valence-electron chi connectivity index (χ4n) is 2.27. The lowest BCUT2D eigenvalue weighted by molar-refractivity contribution is 1.17. The molecule has 0 unspecified atom stereocenters. The Morgan fingerprint density at radius 2 is 1.95 bits per heavy atom. The van der Waals surface area contributed by atoms with Crippen LogP contribution in [0.25, 0.3) is 11.0 Å². The SMILES string of the molecule is Cc1nc2ccc(N(C)c3ccccc3N)cc2[nH]1. The smallest absolute Gasteiger partial charge is 0.104 e. The Morgan fingerprint density at radius 3 is 2.74 bits per heavy atom. The summed E-state index contributed by atoms with van der Waals surface area (Å²) in [6.07, 6.45) is 0. The molecule has 0 fully saturated rings. The van der Waals surface area contributed by atoms with E-state index in [4.69, 9.17) is 5.73 Å². The highest BCUT2D eigenvalue weighted by atomic mass is 15.1. The summed E-state index contributed by atoms with van der Waals surface area (Å²) >= 11 is 0. The van der Waals surface area contributed by atoms with Crippen LogP contribution in [0.15, 0.2) is 42.5 Å². The molecule has 4 heteroatoms. The first kappa shape index (κ1) is 11.6. The van der Waals surface area contributed by atoms with Gasteiger partial charge in [-0.25, -0.2) is 4.98 Å². The molecule has 19 heavy (non-hydrogen) atoms. The lowest BCUT2D eigenvalue weighted by Gasteiger charge is -2.21. The second-order valence-electron chi connectivity index (χ2n) is 4.64. The maximum Gasteiger partial charge on any atom is 0.104 e. The number of hydrogen-bond donors (Lipinski definition) is 2. The molecule has 0 atom stereocenters. The van der Waals surface area contributed by atoms with Gasteiger partial charge in [0.15, 0.2) is 0 Å². The summed E-state index contributed by atoms with van der Waals surface area (Å²) in [5, 5.41) is 0. The summed E-state index contributed by atoms with van der Waals surface area (Å²) in [7, 11) is 2.01. The van der Waals surface area contributed by atoms with Gasteiger partial charge in [0.25, 0.3) is 0 Å². The quantitative estimate of drug-likeness (QED) is 0.688. The summed E-state index contributed by atoms with van der Waals surface area (Å²) in [6, 6.07) is 14.0. The van der Waals surface area contributed by atoms with Gasteiger partial charge in [-0.1, -0.05) is 12.1 Å². The molecular formula is C15H16N4. The van der Waals surface area contributed by atoms with Gasteiger partial charge in [-0.2, -0.15) is 0 Å². The number of aromatic nitrogens is 2. The van der Waals surface area contributed by atoms with E-state index in [2.05, 4.69) is 27.0 Å². The fraction of sp³-hybridized carbons (Fsp3) is 0.133. The number of hydrogen-bond acceptors (Lipinski definition) is 3. The Labute approximate surface area is 111 Å². The van der Waals surface area contributed by atoms with Gasteiger partial charge < -0.3 is 15.6 Å². The number of nitrogens with two attached hydrogens (primary N) is 1. The summed E-state index contributed by atoms with van der Waals surface area (Å²) in [6.45, 7) is 1.96. The van der Waals surface area contributed by atoms with Gasteiger partial charge in [-0.05, 0) is 37.3 Å². The van der Waals surface area contributed by atoms with Crippen LogP contribution in [-0.4, -0.2) is 17.0 Å². The van der Waals surface area contributed by atoms with Crippen molar-refractivity contribution in [3.05, 3.63) is 48.3 Å². The topological polar surface area (TPSA) is 57.9 Å². The van der Waals surface area contributed by atoms with Crippen molar-refractivity contribution >= 4 is 28.1 Å². The van der Waals surface area contributed by atoms with Crippen LogP contribution in [0.3, 0.4) is 0 Å². The zero-order valence-corrected chi connectivity index (χ0v) is 11.0. The second kappa shape index (κ2) is 4.31. The first-order valence-electron chi connectivity index (χ1n) is 6.20. The number of aryl methyl sites for hydroxylation is 1. The second-order valence-corrected chi connectivity index (χ2v) is 4.64. The summed E-state index contributed by atoms with van der Waals surface area (Å²) in [4.78, 5) is 9.73. The molecule has 4 nitrogen and oxygen atoms in total. The minimum atomic E-state index is 0.769. The number of aromatic amines is 1. The molecule has 0 saturated heterocycles. The first-order valence-corrected chi connectivity index (χ1v) is 6.20. The van der Waals surface area contributed by atoms with Gasteiger partial charge in [-0.3, -0.25) is 0 Å². The average Bonchev–Trinajstić information content (AvgIpc) is 2.77. The van der Waals surface area contributed by atoms with Crippen molar-refractivity contribution in [1.29, 1.82) is 0 Å². The van der Waals surface area contributed by atoms with Crippen LogP contribution < -0.4 is 10.6 Å². The minimum absolute atomic E-state index is 0.769. The van der Waals surface area contributed by atoms with Crippen LogP contribution in [0, 0.1) is 6.92 Å². The number of rotatable bonds is 2. The number of para-hydroxylation sites is 2. The largest absolute Gasteiger partial charge is 0.397 e. The maximum atomic E-state index is 6.01. The molecule has 2 aromatic carbocycles. The number of benzene rings is 2. The Hall–Kier alpha value is -2.49. The molecular weight excluding hydrogens is 236 g/mol. The van der Waals surface area contributed by atoms with Crippen molar-refractivity contribution in [1.82, 2.24) is 9.97 Å². The Kier molecular flexibility index (Phi) is 2.63. The standard InChI is InChI=1S/C15H16N4/c1-10-17-13-8-7-11(9-14(13)18-10)19(2)15-6-4-3-5-12(15)16/h3-9H,16H2,1-2H3,(H,17,18). The average molecular weight is 252 g/mol. The normalized spacial score (nSPS) is 10.8. The third kappa shape index (κ3) is 2.01. The van der Waals surface area contributed by atoms with Crippen LogP contribution in [0.2, 0.25) is 0 Å². The Bertz CT molecular complexity index is 730. The van der Waals surface area contributed by atoms with E-state index in [1.807, 2.05) is 44.3 Å². The molecule has 0 aliphatic rings. The van der Waals surface area contributed by atoms with Gasteiger partial charge >= 0.3 is 0 Å². The molecule has 3 rings (SSSR count). The highest BCUT2D eigenvalue weighted by Crippen LogP contribution is 2.30. The van der Waals surface area contributed by atoms with Crippen LogP contribution in [0.4, 0.5) is 17.1 Å². The predicted octanol–water partition coefficient (Wildman–Crippen LogP) is 3.22. The van der Waals surface area contributed by atoms with Crippen LogP contribution >= 0.6 is 0 Å². The van der Waals surface area contributed by atoms with E-state index in [-0.39, 0.29) is 0 Å². The van der Waals surface area contributed by atoms with Gasteiger partial charge in [0.2, 0.25) is 0 Å². The molecule has 0 aliphatic heterocycles. The number of imidazole rings is 1. The highest BCUT2D eigenvalue weighted by Gasteiger charge is 2.08. The highest BCUT2D eigenvalue weighted by molar-refractivity contribution is 5.83. The number of fused-ring (bicyclic) bond motifs is 1. The summed E-state index contributed by atoms with van der Waals surface area (Å²) in [5.41, 5.74) is 10.9. The van der Waals surface area contributed by atoms with Crippen molar-refractivity contribution in [3.63, 3.8) is 0 Å². The predicted molar refractivity (Wildman–Crippen MR) is 79.7 cm³/mol. The molecule has 1 heterocycles. The molecule has 0 radical (unpaired) electrons. The van der Waals surface area contributed by atoms with Gasteiger partial charge in [0.05, 0.1) is 22.4 Å². The zero-order valence-electron chi connectivity index (χ0n) is 11.0. The van der Waals surface area contributed by atoms with E-state index in [0.717, 1.165) is 33.9 Å². The van der Waals surface area contributed by atoms with E-state index in [9.17, 15) is 0 Å². The van der Waals surface area contributed by atoms with Gasteiger partial charge in [-0.15, -0.1) is 0 Å². The maximum absolute atomic E-state index is 6.01. The van der Waals surface area contributed by atoms with Crippen LogP contribution in [-0.2, 0) is 0 Å². The van der Waals surface area contributed by atoms with Crippen molar-refractivity contribution < 1.29 is 0 Å². The molecule has 1 aromatic heterocycles. The first-order chi connectivity index (χ1) is 9.15. The van der Waals surface area contributed by atoms with Crippen molar-refractivity contribution in [3.8, 4) is 0 Å². The minimum Gasteiger partial charge on any atom is -0.397 e. The van der Waals surface area contributed by atoms with E-state index in [1.54, 1.807) is 0 Å².